The number of carbonyl (C=O) groups excluding carboxylic acids is 1. The van der Waals surface area contributed by atoms with Crippen LogP contribution in [0.25, 0.3) is 0 Å². The average Bonchev–Trinajstić information content (AvgIpc) is 2.63. The van der Waals surface area contributed by atoms with Crippen LogP contribution in [0.1, 0.15) is 60.4 Å². The molecule has 4 heteroatoms. The summed E-state index contributed by atoms with van der Waals surface area (Å²) in [5.41, 5.74) is 4.76. The Labute approximate surface area is 143 Å². The van der Waals surface area contributed by atoms with E-state index in [1.165, 1.54) is 29.4 Å². The minimum Gasteiger partial charge on any atom is -0.335 e. The Morgan fingerprint density at radius 3 is 2.71 bits per heavy atom. The van der Waals surface area contributed by atoms with Crippen molar-refractivity contribution in [3.05, 3.63) is 59.2 Å². The fourth-order valence-electron chi connectivity index (χ4n) is 3.58. The summed E-state index contributed by atoms with van der Waals surface area (Å²) in [6.07, 6.45) is 8.27. The lowest BCUT2D eigenvalue weighted by atomic mass is 9.89. The number of rotatable bonds is 3. The maximum atomic E-state index is 13.1. The third kappa shape index (κ3) is 3.18. The molecule has 0 spiro atoms. The highest BCUT2D eigenvalue weighted by Crippen LogP contribution is 2.35. The average molecular weight is 323 g/mol. The smallest absolute Gasteiger partial charge is 0.230 e. The molecule has 3 rings (SSSR count). The van der Waals surface area contributed by atoms with Crippen LogP contribution < -0.4 is 0 Å². The van der Waals surface area contributed by atoms with E-state index in [1.54, 1.807) is 12.4 Å². The monoisotopic (exact) mass is 323 g/mol. The predicted octanol–water partition coefficient (Wildman–Crippen LogP) is 3.95. The van der Waals surface area contributed by atoms with E-state index in [0.717, 1.165) is 24.9 Å². The quantitative estimate of drug-likeness (QED) is 0.859. The molecule has 1 aliphatic heterocycles. The SMILES string of the molecule is Cc1cccc([C@H]2CCCCN2C(=O)[C@@H](C)c2cncnc2)c1C. The molecule has 1 saturated heterocycles. The van der Waals surface area contributed by atoms with E-state index in [2.05, 4.69) is 46.9 Å². The minimum atomic E-state index is -0.211. The fourth-order valence-corrected chi connectivity index (χ4v) is 3.58. The molecule has 1 amide bonds. The zero-order valence-electron chi connectivity index (χ0n) is 14.7. The lowest BCUT2D eigenvalue weighted by molar-refractivity contribution is -0.136. The third-order valence-electron chi connectivity index (χ3n) is 5.24. The molecule has 1 aromatic carbocycles. The normalized spacial score (nSPS) is 19.1. The number of amides is 1. The van der Waals surface area contributed by atoms with Crippen LogP contribution in [0.3, 0.4) is 0 Å². The van der Waals surface area contributed by atoms with E-state index in [9.17, 15) is 4.79 Å². The number of nitrogens with zero attached hydrogens (tertiary/aromatic N) is 3. The molecule has 0 aliphatic carbocycles. The number of hydrogen-bond donors (Lipinski definition) is 0. The number of aryl methyl sites for hydroxylation is 1. The van der Waals surface area contributed by atoms with Gasteiger partial charge in [-0.25, -0.2) is 9.97 Å². The van der Waals surface area contributed by atoms with Crippen molar-refractivity contribution in [3.63, 3.8) is 0 Å². The molecule has 24 heavy (non-hydrogen) atoms. The topological polar surface area (TPSA) is 46.1 Å². The van der Waals surface area contributed by atoms with Crippen LogP contribution in [0, 0.1) is 13.8 Å². The molecule has 2 atom stereocenters. The molecular formula is C20H25N3O. The molecule has 1 fully saturated rings. The van der Waals surface area contributed by atoms with Gasteiger partial charge in [0.1, 0.15) is 6.33 Å². The maximum Gasteiger partial charge on any atom is 0.230 e. The summed E-state index contributed by atoms with van der Waals surface area (Å²) in [7, 11) is 0. The van der Waals surface area contributed by atoms with Gasteiger partial charge in [-0.05, 0) is 56.7 Å². The summed E-state index contributed by atoms with van der Waals surface area (Å²) in [5, 5.41) is 0. The fraction of sp³-hybridized carbons (Fsp3) is 0.450. The zero-order valence-corrected chi connectivity index (χ0v) is 14.7. The second kappa shape index (κ2) is 7.12. The largest absolute Gasteiger partial charge is 0.335 e. The van der Waals surface area contributed by atoms with Crippen LogP contribution in [0.5, 0.6) is 0 Å². The van der Waals surface area contributed by atoms with Crippen LogP contribution in [0.4, 0.5) is 0 Å². The number of aromatic nitrogens is 2. The van der Waals surface area contributed by atoms with Crippen LogP contribution in [-0.4, -0.2) is 27.3 Å². The van der Waals surface area contributed by atoms with Gasteiger partial charge in [0.05, 0.1) is 12.0 Å². The Hall–Kier alpha value is -2.23. The summed E-state index contributed by atoms with van der Waals surface area (Å²) >= 11 is 0. The van der Waals surface area contributed by atoms with Crippen molar-refractivity contribution in [3.8, 4) is 0 Å². The Morgan fingerprint density at radius 1 is 1.21 bits per heavy atom. The van der Waals surface area contributed by atoms with Crippen LogP contribution in [0.2, 0.25) is 0 Å². The van der Waals surface area contributed by atoms with Gasteiger partial charge in [-0.3, -0.25) is 4.79 Å². The lowest BCUT2D eigenvalue weighted by Gasteiger charge is -2.38. The number of hydrogen-bond acceptors (Lipinski definition) is 3. The van der Waals surface area contributed by atoms with Gasteiger partial charge < -0.3 is 4.90 Å². The second-order valence-electron chi connectivity index (χ2n) is 6.73. The first-order chi connectivity index (χ1) is 11.6. The van der Waals surface area contributed by atoms with E-state index in [1.807, 2.05) is 6.92 Å². The molecule has 0 unspecified atom stereocenters. The van der Waals surface area contributed by atoms with Crippen molar-refractivity contribution < 1.29 is 4.79 Å². The van der Waals surface area contributed by atoms with E-state index in [0.29, 0.717) is 0 Å². The predicted molar refractivity (Wildman–Crippen MR) is 94.7 cm³/mol. The van der Waals surface area contributed by atoms with Gasteiger partial charge in [-0.1, -0.05) is 18.2 Å². The standard InChI is InChI=1S/C20H25N3O/c1-14-7-6-8-18(15(14)2)19-9-4-5-10-23(19)20(24)16(3)17-11-21-13-22-12-17/h6-8,11-13,16,19H,4-5,9-10H2,1-3H3/t16-,19+/m0/s1. The molecule has 0 N–H and O–H groups in total. The number of carbonyl (C=O) groups is 1. The Kier molecular flexibility index (Phi) is 4.93. The Morgan fingerprint density at radius 2 is 1.96 bits per heavy atom. The maximum absolute atomic E-state index is 13.1. The van der Waals surface area contributed by atoms with Crippen LogP contribution in [0.15, 0.2) is 36.9 Å². The minimum absolute atomic E-state index is 0.176. The molecular weight excluding hydrogens is 298 g/mol. The highest BCUT2D eigenvalue weighted by Gasteiger charge is 2.32. The first-order valence-corrected chi connectivity index (χ1v) is 8.71. The Balaban J connectivity index is 1.89. The highest BCUT2D eigenvalue weighted by atomic mass is 16.2. The molecule has 1 aromatic heterocycles. The molecule has 0 radical (unpaired) electrons. The Bertz CT molecular complexity index is 714. The lowest BCUT2D eigenvalue weighted by Crippen LogP contribution is -2.41. The van der Waals surface area contributed by atoms with E-state index >= 15 is 0 Å². The van der Waals surface area contributed by atoms with Gasteiger partial charge in [-0.2, -0.15) is 0 Å². The van der Waals surface area contributed by atoms with E-state index < -0.39 is 0 Å². The van der Waals surface area contributed by atoms with Gasteiger partial charge in [0.25, 0.3) is 0 Å². The molecule has 2 heterocycles. The summed E-state index contributed by atoms with van der Waals surface area (Å²) in [4.78, 5) is 23.3. The summed E-state index contributed by atoms with van der Waals surface area (Å²) in [6.45, 7) is 7.08. The van der Waals surface area contributed by atoms with Crippen molar-refractivity contribution in [2.75, 3.05) is 6.54 Å². The first-order valence-electron chi connectivity index (χ1n) is 8.71. The molecule has 0 saturated carbocycles. The summed E-state index contributed by atoms with van der Waals surface area (Å²) < 4.78 is 0. The summed E-state index contributed by atoms with van der Waals surface area (Å²) in [6, 6.07) is 6.59. The van der Waals surface area contributed by atoms with Crippen molar-refractivity contribution in [2.24, 2.45) is 0 Å². The number of piperidine rings is 1. The third-order valence-corrected chi connectivity index (χ3v) is 5.24. The second-order valence-corrected chi connectivity index (χ2v) is 6.73. The zero-order chi connectivity index (χ0) is 17.1. The van der Waals surface area contributed by atoms with Gasteiger partial charge >= 0.3 is 0 Å². The molecule has 2 aromatic rings. The van der Waals surface area contributed by atoms with Crippen LogP contribution >= 0.6 is 0 Å². The van der Waals surface area contributed by atoms with Gasteiger partial charge in [0, 0.05) is 24.5 Å². The molecule has 126 valence electrons. The van der Waals surface area contributed by atoms with Crippen molar-refractivity contribution in [1.82, 2.24) is 14.9 Å². The van der Waals surface area contributed by atoms with E-state index in [4.69, 9.17) is 0 Å². The van der Waals surface area contributed by atoms with E-state index in [-0.39, 0.29) is 17.9 Å². The molecule has 1 aliphatic rings. The van der Waals surface area contributed by atoms with Crippen molar-refractivity contribution >= 4 is 5.91 Å². The first kappa shape index (κ1) is 16.6. The van der Waals surface area contributed by atoms with Gasteiger partial charge in [-0.15, -0.1) is 0 Å². The number of benzene rings is 1. The highest BCUT2D eigenvalue weighted by molar-refractivity contribution is 5.83. The van der Waals surface area contributed by atoms with Gasteiger partial charge in [0.2, 0.25) is 5.91 Å². The summed E-state index contributed by atoms with van der Waals surface area (Å²) in [5.74, 6) is -0.0349. The van der Waals surface area contributed by atoms with Gasteiger partial charge in [0.15, 0.2) is 0 Å². The van der Waals surface area contributed by atoms with Crippen LogP contribution in [-0.2, 0) is 4.79 Å². The number of likely N-dealkylation sites (tertiary alicyclic amines) is 1. The molecule has 4 nitrogen and oxygen atoms in total. The van der Waals surface area contributed by atoms with Crippen molar-refractivity contribution in [1.29, 1.82) is 0 Å². The van der Waals surface area contributed by atoms with Crippen molar-refractivity contribution in [2.45, 2.75) is 52.0 Å². The molecule has 0 bridgehead atoms.